The van der Waals surface area contributed by atoms with Gasteiger partial charge in [0, 0.05) is 38.8 Å². The van der Waals surface area contributed by atoms with Gasteiger partial charge in [-0.1, -0.05) is 0 Å². The highest BCUT2D eigenvalue weighted by Gasteiger charge is 2.25. The van der Waals surface area contributed by atoms with Gasteiger partial charge in [-0.2, -0.15) is 0 Å². The quantitative estimate of drug-likeness (QED) is 0.509. The molecular weight excluding hydrogens is 354 g/mol. The topological polar surface area (TPSA) is 94.1 Å². The van der Waals surface area contributed by atoms with E-state index in [1.807, 2.05) is 39.6 Å². The number of nitrogens with zero attached hydrogens (tertiary/aromatic N) is 3. The summed E-state index contributed by atoms with van der Waals surface area (Å²) in [5, 5.41) is 6.16. The van der Waals surface area contributed by atoms with Crippen molar-refractivity contribution in [2.75, 3.05) is 46.0 Å². The molecule has 0 saturated carbocycles. The minimum atomic E-state index is -3.10. The monoisotopic (exact) mass is 389 g/mol. The van der Waals surface area contributed by atoms with Crippen LogP contribution in [0.3, 0.4) is 0 Å². The predicted octanol–water partition coefficient (Wildman–Crippen LogP) is 0.470. The average molecular weight is 390 g/mol. The van der Waals surface area contributed by atoms with Gasteiger partial charge >= 0.3 is 0 Å². The van der Waals surface area contributed by atoms with Gasteiger partial charge in [0.05, 0.1) is 12.8 Å². The number of hydrogen-bond acceptors (Lipinski definition) is 4. The van der Waals surface area contributed by atoms with Crippen LogP contribution in [0.2, 0.25) is 0 Å². The second-order valence-electron chi connectivity index (χ2n) is 7.95. The third-order valence-electron chi connectivity index (χ3n) is 4.13. The highest BCUT2D eigenvalue weighted by molar-refractivity contribution is 7.88. The van der Waals surface area contributed by atoms with Crippen LogP contribution in [0.1, 0.15) is 40.5 Å². The molecule has 0 aromatic carbocycles. The van der Waals surface area contributed by atoms with Crippen LogP contribution in [-0.4, -0.2) is 81.1 Å². The maximum Gasteiger partial charge on any atom is 0.240 e. The number of guanidine groups is 1. The lowest BCUT2D eigenvalue weighted by Gasteiger charge is -2.30. The maximum absolute atomic E-state index is 12.1. The van der Waals surface area contributed by atoms with Crippen molar-refractivity contribution in [2.24, 2.45) is 10.9 Å². The number of piperidine rings is 1. The molecule has 1 aliphatic heterocycles. The lowest BCUT2D eigenvalue weighted by Crippen LogP contribution is -2.49. The molecule has 0 radical (unpaired) electrons. The van der Waals surface area contributed by atoms with Crippen LogP contribution in [0.5, 0.6) is 0 Å². The van der Waals surface area contributed by atoms with E-state index in [1.54, 1.807) is 0 Å². The van der Waals surface area contributed by atoms with Crippen molar-refractivity contribution in [1.29, 1.82) is 0 Å². The fourth-order valence-electron chi connectivity index (χ4n) is 2.86. The summed E-state index contributed by atoms with van der Waals surface area (Å²) in [5.74, 6) is 1.01. The molecule has 1 heterocycles. The van der Waals surface area contributed by atoms with Gasteiger partial charge in [0.2, 0.25) is 15.9 Å². The number of sulfonamides is 1. The normalized spacial score (nSPS) is 17.8. The molecule has 152 valence electrons. The first-order valence-electron chi connectivity index (χ1n) is 9.18. The van der Waals surface area contributed by atoms with Gasteiger partial charge in [0.25, 0.3) is 0 Å². The van der Waals surface area contributed by atoms with Crippen molar-refractivity contribution in [3.05, 3.63) is 0 Å². The summed E-state index contributed by atoms with van der Waals surface area (Å²) in [6, 6.07) is 0. The van der Waals surface area contributed by atoms with Gasteiger partial charge < -0.3 is 15.5 Å². The Bertz CT molecular complexity index is 590. The summed E-state index contributed by atoms with van der Waals surface area (Å²) >= 11 is 0. The average Bonchev–Trinajstić information content (AvgIpc) is 2.48. The zero-order chi connectivity index (χ0) is 20.0. The fourth-order valence-corrected chi connectivity index (χ4v) is 3.73. The second-order valence-corrected chi connectivity index (χ2v) is 9.94. The summed E-state index contributed by atoms with van der Waals surface area (Å²) in [5.41, 5.74) is -0.263. The molecular formula is C17H35N5O3S. The van der Waals surface area contributed by atoms with E-state index in [-0.39, 0.29) is 18.0 Å². The zero-order valence-corrected chi connectivity index (χ0v) is 17.8. The first-order chi connectivity index (χ1) is 11.9. The number of carbonyl (C=O) groups is 1. The lowest BCUT2D eigenvalue weighted by molar-refractivity contribution is -0.122. The molecule has 1 aliphatic rings. The number of likely N-dealkylation sites (N-methyl/N-ethyl adjacent to an activating group) is 1. The Labute approximate surface area is 158 Å². The summed E-state index contributed by atoms with van der Waals surface area (Å²) in [6.45, 7) is 10.5. The molecule has 0 bridgehead atoms. The summed E-state index contributed by atoms with van der Waals surface area (Å²) in [4.78, 5) is 18.6. The largest absolute Gasteiger partial charge is 0.357 e. The number of amides is 1. The van der Waals surface area contributed by atoms with E-state index in [0.717, 1.165) is 19.4 Å². The maximum atomic E-state index is 12.1. The third-order valence-corrected chi connectivity index (χ3v) is 5.44. The minimum Gasteiger partial charge on any atom is -0.357 e. The van der Waals surface area contributed by atoms with E-state index in [1.165, 1.54) is 10.6 Å². The first kappa shape index (κ1) is 22.7. The van der Waals surface area contributed by atoms with Crippen molar-refractivity contribution in [3.63, 3.8) is 0 Å². The summed E-state index contributed by atoms with van der Waals surface area (Å²) < 4.78 is 24.7. The van der Waals surface area contributed by atoms with E-state index < -0.39 is 10.0 Å². The van der Waals surface area contributed by atoms with E-state index in [2.05, 4.69) is 15.6 Å². The van der Waals surface area contributed by atoms with Gasteiger partial charge in [-0.25, -0.2) is 12.7 Å². The molecule has 0 spiro atoms. The molecule has 8 nitrogen and oxygen atoms in total. The van der Waals surface area contributed by atoms with Crippen LogP contribution in [0.15, 0.2) is 4.99 Å². The lowest BCUT2D eigenvalue weighted by atomic mass is 9.98. The number of nitrogens with one attached hydrogen (secondary N) is 2. The number of aliphatic imine (C=N–C) groups is 1. The van der Waals surface area contributed by atoms with Gasteiger partial charge in [0.1, 0.15) is 0 Å². The van der Waals surface area contributed by atoms with Crippen molar-refractivity contribution in [1.82, 2.24) is 19.8 Å². The SMILES string of the molecule is CCNC(=NCC1CCN(S(C)(=O)=O)CC1)N(C)CC(=O)NC(C)(C)C. The Balaban J connectivity index is 2.59. The smallest absolute Gasteiger partial charge is 0.240 e. The number of carbonyl (C=O) groups excluding carboxylic acids is 1. The molecule has 0 aliphatic carbocycles. The Hall–Kier alpha value is -1.35. The zero-order valence-electron chi connectivity index (χ0n) is 17.0. The molecule has 1 rings (SSSR count). The summed E-state index contributed by atoms with van der Waals surface area (Å²) in [6.07, 6.45) is 2.88. The van der Waals surface area contributed by atoms with Crippen molar-refractivity contribution in [3.8, 4) is 0 Å². The van der Waals surface area contributed by atoms with Crippen LogP contribution >= 0.6 is 0 Å². The van der Waals surface area contributed by atoms with Gasteiger partial charge in [-0.05, 0) is 46.5 Å². The third kappa shape index (κ3) is 8.35. The van der Waals surface area contributed by atoms with E-state index in [0.29, 0.717) is 31.5 Å². The van der Waals surface area contributed by atoms with Crippen LogP contribution in [0.4, 0.5) is 0 Å². The Morgan fingerprint density at radius 2 is 1.85 bits per heavy atom. The minimum absolute atomic E-state index is 0.0490. The van der Waals surface area contributed by atoms with E-state index in [4.69, 9.17) is 0 Å². The van der Waals surface area contributed by atoms with Crippen molar-refractivity contribution >= 4 is 21.9 Å². The Morgan fingerprint density at radius 1 is 1.27 bits per heavy atom. The highest BCUT2D eigenvalue weighted by Crippen LogP contribution is 2.19. The molecule has 2 N–H and O–H groups in total. The molecule has 1 fully saturated rings. The van der Waals surface area contributed by atoms with E-state index in [9.17, 15) is 13.2 Å². The van der Waals surface area contributed by atoms with Crippen LogP contribution in [0.25, 0.3) is 0 Å². The van der Waals surface area contributed by atoms with Crippen molar-refractivity contribution in [2.45, 2.75) is 46.1 Å². The molecule has 0 atom stereocenters. The standard InChI is InChI=1S/C17H35N5O3S/c1-7-18-16(21(5)13-15(23)20-17(2,3)4)19-12-14-8-10-22(11-9-14)26(6,24)25/h14H,7-13H2,1-6H3,(H,18,19)(H,20,23). The van der Waals surface area contributed by atoms with Gasteiger partial charge in [0.15, 0.2) is 5.96 Å². The predicted molar refractivity (Wildman–Crippen MR) is 106 cm³/mol. The molecule has 0 unspecified atom stereocenters. The molecule has 1 amide bonds. The van der Waals surface area contributed by atoms with Crippen LogP contribution in [-0.2, 0) is 14.8 Å². The first-order valence-corrected chi connectivity index (χ1v) is 11.0. The van der Waals surface area contributed by atoms with Gasteiger partial charge in [-0.15, -0.1) is 0 Å². The second kappa shape index (κ2) is 9.55. The van der Waals surface area contributed by atoms with Crippen molar-refractivity contribution < 1.29 is 13.2 Å². The molecule has 0 aromatic heterocycles. The highest BCUT2D eigenvalue weighted by atomic mass is 32.2. The Morgan fingerprint density at radius 3 is 2.31 bits per heavy atom. The molecule has 26 heavy (non-hydrogen) atoms. The van der Waals surface area contributed by atoms with Crippen LogP contribution in [0, 0.1) is 5.92 Å². The Kier molecular flexibility index (Phi) is 8.33. The molecule has 9 heteroatoms. The van der Waals surface area contributed by atoms with Gasteiger partial charge in [-0.3, -0.25) is 9.79 Å². The van der Waals surface area contributed by atoms with E-state index >= 15 is 0 Å². The molecule has 1 saturated heterocycles. The number of hydrogen-bond donors (Lipinski definition) is 2. The van der Waals surface area contributed by atoms with Crippen LogP contribution < -0.4 is 10.6 Å². The molecule has 0 aromatic rings. The number of rotatable bonds is 6. The summed E-state index contributed by atoms with van der Waals surface area (Å²) in [7, 11) is -1.26. The fraction of sp³-hybridized carbons (Fsp3) is 0.882.